The number of hydrogen-bond donors (Lipinski definition) is 0. The fourth-order valence-corrected chi connectivity index (χ4v) is 1.87. The van der Waals surface area contributed by atoms with Gasteiger partial charge in [0.1, 0.15) is 6.04 Å². The van der Waals surface area contributed by atoms with Gasteiger partial charge in [-0.05, 0) is 36.7 Å². The Bertz CT molecular complexity index is 516. The van der Waals surface area contributed by atoms with Crippen LogP contribution in [0.15, 0.2) is 29.3 Å². The predicted molar refractivity (Wildman–Crippen MR) is 74.0 cm³/mol. The molecule has 0 heterocycles. The summed E-state index contributed by atoms with van der Waals surface area (Å²) in [7, 11) is 0. The number of carbonyl (C=O) groups is 1. The maximum atomic E-state index is 12.4. The van der Waals surface area contributed by atoms with Gasteiger partial charge in [-0.1, -0.05) is 26.0 Å². The summed E-state index contributed by atoms with van der Waals surface area (Å²) in [5, 5.41) is 2.17. The number of rotatable bonds is 5. The topological polar surface area (TPSA) is 29.4 Å². The van der Waals surface area contributed by atoms with Gasteiger partial charge in [-0.2, -0.15) is 13.2 Å². The van der Waals surface area contributed by atoms with Crippen LogP contribution in [0.3, 0.4) is 0 Å². The molecule has 6 heteroatoms. The number of alkyl halides is 3. The minimum atomic E-state index is -4.41. The van der Waals surface area contributed by atoms with E-state index in [4.69, 9.17) is 0 Å². The molecule has 20 heavy (non-hydrogen) atoms. The summed E-state index contributed by atoms with van der Waals surface area (Å²) in [4.78, 5) is 16.0. The van der Waals surface area contributed by atoms with E-state index in [-0.39, 0.29) is 17.3 Å². The number of benzene rings is 1. The summed E-state index contributed by atoms with van der Waals surface area (Å²) < 4.78 is 37.3. The zero-order chi connectivity index (χ0) is 15.3. The second kappa shape index (κ2) is 6.77. The van der Waals surface area contributed by atoms with Crippen LogP contribution in [0.4, 0.5) is 13.2 Å². The van der Waals surface area contributed by atoms with E-state index in [0.717, 1.165) is 24.3 Å². The van der Waals surface area contributed by atoms with Crippen LogP contribution in [-0.4, -0.2) is 17.0 Å². The second-order valence-corrected chi connectivity index (χ2v) is 4.99. The SMILES string of the molecule is CC(C)CC(N=C=S)C(=O)c1ccc(C(F)(F)F)cc1. The van der Waals surface area contributed by atoms with Crippen molar-refractivity contribution in [2.45, 2.75) is 32.5 Å². The predicted octanol–water partition coefficient (Wildman–Crippen LogP) is 4.41. The third kappa shape index (κ3) is 4.54. The fraction of sp³-hybridized carbons (Fsp3) is 0.429. The minimum absolute atomic E-state index is 0.192. The summed E-state index contributed by atoms with van der Waals surface area (Å²) in [6, 6.07) is 3.42. The molecule has 0 fully saturated rings. The van der Waals surface area contributed by atoms with Gasteiger partial charge in [0.15, 0.2) is 5.78 Å². The molecule has 1 aromatic carbocycles. The zero-order valence-electron chi connectivity index (χ0n) is 11.1. The lowest BCUT2D eigenvalue weighted by atomic mass is 9.96. The Hall–Kier alpha value is -1.52. The number of isothiocyanates is 1. The van der Waals surface area contributed by atoms with Gasteiger partial charge in [-0.3, -0.25) is 4.79 Å². The van der Waals surface area contributed by atoms with Gasteiger partial charge >= 0.3 is 6.18 Å². The van der Waals surface area contributed by atoms with Crippen LogP contribution >= 0.6 is 12.2 Å². The van der Waals surface area contributed by atoms with Crippen molar-refractivity contribution < 1.29 is 18.0 Å². The first-order valence-electron chi connectivity index (χ1n) is 6.04. The molecule has 1 aromatic rings. The van der Waals surface area contributed by atoms with Crippen molar-refractivity contribution in [1.29, 1.82) is 0 Å². The third-order valence-electron chi connectivity index (χ3n) is 2.70. The van der Waals surface area contributed by atoms with Crippen LogP contribution in [0.2, 0.25) is 0 Å². The number of aliphatic imine (C=N–C) groups is 1. The molecule has 0 N–H and O–H groups in total. The quantitative estimate of drug-likeness (QED) is 0.458. The number of carbonyl (C=O) groups excluding carboxylic acids is 1. The Morgan fingerprint density at radius 2 is 1.85 bits per heavy atom. The fourth-order valence-electron chi connectivity index (χ4n) is 1.74. The number of thiocarbonyl (C=S) groups is 1. The lowest BCUT2D eigenvalue weighted by molar-refractivity contribution is -0.137. The summed E-state index contributed by atoms with van der Waals surface area (Å²) in [6.45, 7) is 3.85. The average molecular weight is 301 g/mol. The minimum Gasteiger partial charge on any atom is -0.292 e. The molecule has 108 valence electrons. The first-order chi connectivity index (χ1) is 9.25. The Morgan fingerprint density at radius 3 is 2.25 bits per heavy atom. The summed E-state index contributed by atoms with van der Waals surface area (Å²) >= 11 is 4.50. The van der Waals surface area contributed by atoms with Gasteiger partial charge in [0.25, 0.3) is 0 Å². The maximum Gasteiger partial charge on any atom is 0.416 e. The number of ketones is 1. The maximum absolute atomic E-state index is 12.4. The van der Waals surface area contributed by atoms with Crippen LogP contribution in [0, 0.1) is 5.92 Å². The molecule has 0 radical (unpaired) electrons. The van der Waals surface area contributed by atoms with Gasteiger partial charge in [0, 0.05) is 5.56 Å². The number of halogens is 3. The van der Waals surface area contributed by atoms with Crippen molar-refractivity contribution in [2.24, 2.45) is 10.9 Å². The van der Waals surface area contributed by atoms with Crippen LogP contribution in [-0.2, 0) is 6.18 Å². The Labute approximate surface area is 120 Å². The van der Waals surface area contributed by atoms with Crippen molar-refractivity contribution in [2.75, 3.05) is 0 Å². The molecule has 1 atom stereocenters. The molecule has 0 aliphatic heterocycles. The summed E-state index contributed by atoms with van der Waals surface area (Å²) in [6.07, 6.45) is -3.94. The van der Waals surface area contributed by atoms with Gasteiger partial charge < -0.3 is 0 Å². The Kier molecular flexibility index (Phi) is 5.60. The summed E-state index contributed by atoms with van der Waals surface area (Å²) in [5.41, 5.74) is -0.592. The number of hydrogen-bond acceptors (Lipinski definition) is 3. The molecular formula is C14H14F3NOS. The molecule has 0 saturated carbocycles. The van der Waals surface area contributed by atoms with E-state index in [9.17, 15) is 18.0 Å². The van der Waals surface area contributed by atoms with Gasteiger partial charge in [0.2, 0.25) is 0 Å². The largest absolute Gasteiger partial charge is 0.416 e. The van der Waals surface area contributed by atoms with Gasteiger partial charge in [0.05, 0.1) is 10.7 Å². The number of nitrogens with zero attached hydrogens (tertiary/aromatic N) is 1. The van der Waals surface area contributed by atoms with E-state index in [1.807, 2.05) is 13.8 Å². The number of Topliss-reactive ketones (excluding diaryl/α,β-unsaturated/α-hetero) is 1. The lowest BCUT2D eigenvalue weighted by Crippen LogP contribution is -2.21. The van der Waals surface area contributed by atoms with E-state index < -0.39 is 17.8 Å². The highest BCUT2D eigenvalue weighted by atomic mass is 32.1. The first-order valence-corrected chi connectivity index (χ1v) is 6.45. The molecule has 0 spiro atoms. The average Bonchev–Trinajstić information content (AvgIpc) is 2.36. The molecule has 0 saturated heterocycles. The second-order valence-electron chi connectivity index (χ2n) is 4.81. The monoisotopic (exact) mass is 301 g/mol. The van der Waals surface area contributed by atoms with Crippen molar-refractivity contribution in [3.8, 4) is 0 Å². The first kappa shape index (κ1) is 16.5. The van der Waals surface area contributed by atoms with Crippen LogP contribution in [0.5, 0.6) is 0 Å². The van der Waals surface area contributed by atoms with E-state index in [0.29, 0.717) is 6.42 Å². The highest BCUT2D eigenvalue weighted by molar-refractivity contribution is 7.78. The van der Waals surface area contributed by atoms with E-state index in [1.165, 1.54) is 0 Å². The molecule has 0 amide bonds. The zero-order valence-corrected chi connectivity index (χ0v) is 11.9. The van der Waals surface area contributed by atoms with Crippen LogP contribution < -0.4 is 0 Å². The highest BCUT2D eigenvalue weighted by Gasteiger charge is 2.30. The molecular weight excluding hydrogens is 287 g/mol. The molecule has 1 rings (SSSR count). The van der Waals surface area contributed by atoms with Gasteiger partial charge in [-0.25, -0.2) is 4.99 Å². The smallest absolute Gasteiger partial charge is 0.292 e. The van der Waals surface area contributed by atoms with Crippen molar-refractivity contribution in [3.63, 3.8) is 0 Å². The van der Waals surface area contributed by atoms with Crippen LogP contribution in [0.25, 0.3) is 0 Å². The van der Waals surface area contributed by atoms with Gasteiger partial charge in [-0.15, -0.1) is 0 Å². The van der Waals surface area contributed by atoms with Crippen LogP contribution in [0.1, 0.15) is 36.2 Å². The molecule has 0 aliphatic carbocycles. The van der Waals surface area contributed by atoms with Crippen molar-refractivity contribution in [3.05, 3.63) is 35.4 Å². The van der Waals surface area contributed by atoms with Crippen molar-refractivity contribution in [1.82, 2.24) is 0 Å². The van der Waals surface area contributed by atoms with Crippen molar-refractivity contribution >= 4 is 23.2 Å². The summed E-state index contributed by atoms with van der Waals surface area (Å²) in [5.74, 6) is -0.129. The molecule has 0 bridgehead atoms. The molecule has 0 aliphatic rings. The van der Waals surface area contributed by atoms with E-state index in [1.54, 1.807) is 0 Å². The Morgan fingerprint density at radius 1 is 1.30 bits per heavy atom. The van der Waals surface area contributed by atoms with E-state index >= 15 is 0 Å². The molecule has 2 nitrogen and oxygen atoms in total. The van der Waals surface area contributed by atoms with E-state index in [2.05, 4.69) is 22.4 Å². The lowest BCUT2D eigenvalue weighted by Gasteiger charge is -2.13. The molecule has 0 aromatic heterocycles. The Balaban J connectivity index is 2.98. The standard InChI is InChI=1S/C14H14F3NOS/c1-9(2)7-12(18-8-20)13(19)10-3-5-11(6-4-10)14(15,16)17/h3-6,9,12H,7H2,1-2H3. The highest BCUT2D eigenvalue weighted by Crippen LogP contribution is 2.29. The normalized spacial score (nSPS) is 12.9. The third-order valence-corrected chi connectivity index (χ3v) is 2.81. The molecule has 1 unspecified atom stereocenters.